The summed E-state index contributed by atoms with van der Waals surface area (Å²) in [6.07, 6.45) is 0. The Morgan fingerprint density at radius 3 is 2.79 bits per heavy atom. The molecule has 2 aromatic carbocycles. The molecule has 0 fully saturated rings. The van der Waals surface area contributed by atoms with Crippen LogP contribution in [0.4, 0.5) is 5.69 Å². The van der Waals surface area contributed by atoms with Gasteiger partial charge in [0.2, 0.25) is 5.89 Å². The van der Waals surface area contributed by atoms with Crippen LogP contribution in [-0.2, 0) is 0 Å². The highest BCUT2D eigenvalue weighted by Crippen LogP contribution is 2.35. The summed E-state index contributed by atoms with van der Waals surface area (Å²) in [4.78, 5) is 5.52. The molecule has 4 aromatic rings. The molecule has 0 saturated heterocycles. The number of fused-ring (bicyclic) bond motifs is 2. The van der Waals surface area contributed by atoms with Crippen molar-refractivity contribution >= 4 is 38.2 Å². The van der Waals surface area contributed by atoms with E-state index in [9.17, 15) is 0 Å². The normalized spacial score (nSPS) is 11.4. The summed E-state index contributed by atoms with van der Waals surface area (Å²) in [5, 5.41) is 1.21. The van der Waals surface area contributed by atoms with Crippen LogP contribution >= 0.6 is 11.3 Å². The lowest BCUT2D eigenvalue weighted by molar-refractivity contribution is 0.622. The molecule has 4 rings (SSSR count). The first-order valence-corrected chi connectivity index (χ1v) is 6.77. The van der Waals surface area contributed by atoms with Gasteiger partial charge in [0.25, 0.3) is 0 Å². The molecule has 2 N–H and O–H groups in total. The number of aromatic nitrogens is 1. The molecule has 2 aromatic heterocycles. The summed E-state index contributed by atoms with van der Waals surface area (Å²) in [5.74, 6) is 0.633. The van der Waals surface area contributed by atoms with E-state index in [-0.39, 0.29) is 0 Å². The number of rotatable bonds is 1. The Morgan fingerprint density at radius 1 is 1.05 bits per heavy atom. The minimum atomic E-state index is 0.633. The number of hydrogen-bond acceptors (Lipinski definition) is 4. The predicted molar refractivity (Wildman–Crippen MR) is 79.2 cm³/mol. The topological polar surface area (TPSA) is 52.0 Å². The molecule has 0 radical (unpaired) electrons. The van der Waals surface area contributed by atoms with E-state index in [2.05, 4.69) is 23.2 Å². The fourth-order valence-corrected chi connectivity index (χ4v) is 3.15. The molecule has 2 heterocycles. The molecule has 92 valence electrons. The van der Waals surface area contributed by atoms with Gasteiger partial charge in [0, 0.05) is 4.70 Å². The molecule has 0 aliphatic heterocycles. The van der Waals surface area contributed by atoms with Crippen LogP contribution < -0.4 is 5.73 Å². The Labute approximate surface area is 113 Å². The maximum absolute atomic E-state index is 5.90. The maximum atomic E-state index is 5.90. The smallest absolute Gasteiger partial charge is 0.237 e. The highest BCUT2D eigenvalue weighted by Gasteiger charge is 2.12. The zero-order valence-electron chi connectivity index (χ0n) is 9.96. The number of hydrogen-bond donors (Lipinski definition) is 1. The van der Waals surface area contributed by atoms with Crippen molar-refractivity contribution in [3.05, 3.63) is 48.5 Å². The van der Waals surface area contributed by atoms with E-state index in [4.69, 9.17) is 10.2 Å². The Bertz CT molecular complexity index is 858. The molecule has 3 nitrogen and oxygen atoms in total. The van der Waals surface area contributed by atoms with Crippen molar-refractivity contribution < 1.29 is 4.42 Å². The fourth-order valence-electron chi connectivity index (χ4n) is 2.16. The van der Waals surface area contributed by atoms with Crippen LogP contribution in [0.25, 0.3) is 32.0 Å². The van der Waals surface area contributed by atoms with Crippen molar-refractivity contribution in [2.24, 2.45) is 0 Å². The van der Waals surface area contributed by atoms with Crippen molar-refractivity contribution in [1.82, 2.24) is 4.98 Å². The first-order valence-electron chi connectivity index (χ1n) is 5.95. The second-order valence-electron chi connectivity index (χ2n) is 4.36. The van der Waals surface area contributed by atoms with Gasteiger partial charge >= 0.3 is 0 Å². The van der Waals surface area contributed by atoms with Crippen LogP contribution in [0, 0.1) is 0 Å². The highest BCUT2D eigenvalue weighted by molar-refractivity contribution is 7.22. The third-order valence-corrected chi connectivity index (χ3v) is 4.19. The van der Waals surface area contributed by atoms with Crippen molar-refractivity contribution in [3.63, 3.8) is 0 Å². The average molecular weight is 266 g/mol. The summed E-state index contributed by atoms with van der Waals surface area (Å²) < 4.78 is 7.01. The van der Waals surface area contributed by atoms with Crippen molar-refractivity contribution in [2.75, 3.05) is 5.73 Å². The first kappa shape index (κ1) is 10.6. The van der Waals surface area contributed by atoms with Gasteiger partial charge < -0.3 is 10.2 Å². The molecular formula is C15H10N2OS. The highest BCUT2D eigenvalue weighted by atomic mass is 32.1. The van der Waals surface area contributed by atoms with Crippen LogP contribution in [0.3, 0.4) is 0 Å². The van der Waals surface area contributed by atoms with Crippen LogP contribution in [0.2, 0.25) is 0 Å². The largest absolute Gasteiger partial charge is 0.435 e. The van der Waals surface area contributed by atoms with E-state index < -0.39 is 0 Å². The van der Waals surface area contributed by atoms with Crippen LogP contribution in [0.5, 0.6) is 0 Å². The SMILES string of the molecule is Nc1cccc2oc(-c3cc4ccccc4s3)nc12. The predicted octanol–water partition coefficient (Wildman–Crippen LogP) is 4.29. The Balaban J connectivity index is 1.96. The van der Waals surface area contributed by atoms with Crippen molar-refractivity contribution in [3.8, 4) is 10.8 Å². The minimum absolute atomic E-state index is 0.633. The number of para-hydroxylation sites is 1. The van der Waals surface area contributed by atoms with E-state index in [1.165, 1.54) is 10.1 Å². The molecule has 0 atom stereocenters. The summed E-state index contributed by atoms with van der Waals surface area (Å²) in [5.41, 5.74) is 8.01. The number of anilines is 1. The molecule has 0 unspecified atom stereocenters. The zero-order valence-corrected chi connectivity index (χ0v) is 10.8. The lowest BCUT2D eigenvalue weighted by Crippen LogP contribution is -1.84. The number of nitrogens with zero attached hydrogens (tertiary/aromatic N) is 1. The van der Waals surface area contributed by atoms with Gasteiger partial charge in [-0.3, -0.25) is 0 Å². The van der Waals surface area contributed by atoms with Gasteiger partial charge in [0.1, 0.15) is 5.52 Å². The molecule has 0 saturated carbocycles. The summed E-state index contributed by atoms with van der Waals surface area (Å²) >= 11 is 1.67. The molecule has 19 heavy (non-hydrogen) atoms. The van der Waals surface area contributed by atoms with Gasteiger partial charge in [-0.05, 0) is 29.7 Å². The molecular weight excluding hydrogens is 256 g/mol. The minimum Gasteiger partial charge on any atom is -0.435 e. The second kappa shape index (κ2) is 3.83. The molecule has 0 amide bonds. The standard InChI is InChI=1S/C15H10N2OS/c16-10-5-3-6-11-14(10)17-15(18-11)13-8-9-4-1-2-7-12(9)19-13/h1-8H,16H2. The monoisotopic (exact) mass is 266 g/mol. The van der Waals surface area contributed by atoms with Crippen LogP contribution in [0.1, 0.15) is 0 Å². The summed E-state index contributed by atoms with van der Waals surface area (Å²) in [6, 6.07) is 15.9. The summed E-state index contributed by atoms with van der Waals surface area (Å²) in [6.45, 7) is 0. The lowest BCUT2D eigenvalue weighted by Gasteiger charge is -1.89. The zero-order chi connectivity index (χ0) is 12.8. The van der Waals surface area contributed by atoms with Crippen molar-refractivity contribution in [1.29, 1.82) is 0 Å². The number of nitrogens with two attached hydrogens (primary N) is 1. The molecule has 0 aliphatic rings. The second-order valence-corrected chi connectivity index (χ2v) is 5.45. The van der Waals surface area contributed by atoms with Crippen LogP contribution in [0.15, 0.2) is 52.9 Å². The number of benzene rings is 2. The van der Waals surface area contributed by atoms with E-state index in [0.29, 0.717) is 11.6 Å². The molecule has 0 spiro atoms. The van der Waals surface area contributed by atoms with Crippen LogP contribution in [-0.4, -0.2) is 4.98 Å². The quantitative estimate of drug-likeness (QED) is 0.523. The van der Waals surface area contributed by atoms with Gasteiger partial charge in [-0.15, -0.1) is 11.3 Å². The van der Waals surface area contributed by atoms with E-state index in [1.54, 1.807) is 11.3 Å². The first-order chi connectivity index (χ1) is 9.31. The lowest BCUT2D eigenvalue weighted by atomic mass is 10.2. The Hall–Kier alpha value is -2.33. The summed E-state index contributed by atoms with van der Waals surface area (Å²) in [7, 11) is 0. The fraction of sp³-hybridized carbons (Fsp3) is 0. The van der Waals surface area contributed by atoms with E-state index in [1.807, 2.05) is 30.3 Å². The van der Waals surface area contributed by atoms with Gasteiger partial charge in [-0.2, -0.15) is 0 Å². The van der Waals surface area contributed by atoms with Gasteiger partial charge in [-0.25, -0.2) is 4.98 Å². The molecule has 4 heteroatoms. The van der Waals surface area contributed by atoms with Gasteiger partial charge in [0.15, 0.2) is 5.58 Å². The third kappa shape index (κ3) is 1.61. The maximum Gasteiger partial charge on any atom is 0.237 e. The van der Waals surface area contributed by atoms with E-state index >= 15 is 0 Å². The average Bonchev–Trinajstić information content (AvgIpc) is 3.02. The Morgan fingerprint density at radius 2 is 1.95 bits per heavy atom. The third-order valence-electron chi connectivity index (χ3n) is 3.09. The number of nitrogen functional groups attached to an aromatic ring is 1. The van der Waals surface area contributed by atoms with Gasteiger partial charge in [0.05, 0.1) is 10.6 Å². The van der Waals surface area contributed by atoms with Gasteiger partial charge in [-0.1, -0.05) is 24.3 Å². The van der Waals surface area contributed by atoms with Crippen molar-refractivity contribution in [2.45, 2.75) is 0 Å². The molecule has 0 aliphatic carbocycles. The number of thiophene rings is 1. The number of oxazole rings is 1. The molecule has 0 bridgehead atoms. The Kier molecular flexibility index (Phi) is 2.13. The van der Waals surface area contributed by atoms with E-state index in [0.717, 1.165) is 16.0 Å².